The number of carbonyl (C=O) groups is 2. The van der Waals surface area contributed by atoms with E-state index in [1.807, 2.05) is 18.2 Å². The van der Waals surface area contributed by atoms with Gasteiger partial charge in [-0.25, -0.2) is 9.59 Å². The van der Waals surface area contributed by atoms with Crippen LogP contribution in [0.3, 0.4) is 0 Å². The average molecular weight is 369 g/mol. The molecule has 0 bridgehead atoms. The lowest BCUT2D eigenvalue weighted by Gasteiger charge is -2.12. The molecule has 1 heterocycles. The zero-order valence-corrected chi connectivity index (χ0v) is 14.7. The molecular formula is C23H15NO4. The van der Waals surface area contributed by atoms with Gasteiger partial charge in [0.2, 0.25) is 0 Å². The van der Waals surface area contributed by atoms with E-state index in [9.17, 15) is 9.59 Å². The van der Waals surface area contributed by atoms with Crippen LogP contribution in [0.4, 0.5) is 0 Å². The van der Waals surface area contributed by atoms with Crippen LogP contribution in [0.2, 0.25) is 0 Å². The maximum Gasteiger partial charge on any atom is 0.345 e. The summed E-state index contributed by atoms with van der Waals surface area (Å²) in [5, 5.41) is 1.33. The molecule has 0 radical (unpaired) electrons. The third-order valence-electron chi connectivity index (χ3n) is 4.14. The van der Waals surface area contributed by atoms with Crippen LogP contribution in [0.1, 0.15) is 20.7 Å². The minimum absolute atomic E-state index is 0.308. The highest BCUT2D eigenvalue weighted by Gasteiger charge is 2.16. The van der Waals surface area contributed by atoms with Crippen LogP contribution in [0.25, 0.3) is 10.8 Å². The number of ether oxygens (including phenoxy) is 2. The Morgan fingerprint density at radius 3 is 1.86 bits per heavy atom. The third kappa shape index (κ3) is 3.59. The Morgan fingerprint density at radius 1 is 0.643 bits per heavy atom. The summed E-state index contributed by atoms with van der Waals surface area (Å²) in [7, 11) is 0. The van der Waals surface area contributed by atoms with Gasteiger partial charge in [-0.2, -0.15) is 0 Å². The Bertz CT molecular complexity index is 1050. The smallest absolute Gasteiger partial charge is 0.345 e. The third-order valence-corrected chi connectivity index (χ3v) is 4.14. The largest absolute Gasteiger partial charge is 0.422 e. The van der Waals surface area contributed by atoms with E-state index in [4.69, 9.17) is 9.47 Å². The molecule has 4 aromatic rings. The minimum atomic E-state index is -0.537. The Morgan fingerprint density at radius 2 is 1.25 bits per heavy atom. The summed E-state index contributed by atoms with van der Waals surface area (Å²) in [6.45, 7) is 0. The molecule has 0 unspecified atom stereocenters. The van der Waals surface area contributed by atoms with E-state index in [0.29, 0.717) is 28.0 Å². The molecule has 28 heavy (non-hydrogen) atoms. The highest BCUT2D eigenvalue weighted by molar-refractivity contribution is 6.00. The van der Waals surface area contributed by atoms with Gasteiger partial charge in [0.05, 0.1) is 16.5 Å². The van der Waals surface area contributed by atoms with Gasteiger partial charge in [0.15, 0.2) is 0 Å². The number of benzene rings is 3. The van der Waals surface area contributed by atoms with Crippen molar-refractivity contribution in [1.29, 1.82) is 0 Å². The Hall–Kier alpha value is -3.99. The second kappa shape index (κ2) is 7.72. The molecule has 5 nitrogen and oxygen atoms in total. The lowest BCUT2D eigenvalue weighted by molar-refractivity contribution is 0.0735. The van der Waals surface area contributed by atoms with Gasteiger partial charge in [0.1, 0.15) is 11.5 Å². The predicted octanol–water partition coefficient (Wildman–Crippen LogP) is 4.67. The van der Waals surface area contributed by atoms with Crippen LogP contribution in [0.5, 0.6) is 11.5 Å². The van der Waals surface area contributed by atoms with E-state index in [-0.39, 0.29) is 0 Å². The topological polar surface area (TPSA) is 65.5 Å². The van der Waals surface area contributed by atoms with Crippen LogP contribution >= 0.6 is 0 Å². The van der Waals surface area contributed by atoms with Gasteiger partial charge in [0, 0.05) is 12.4 Å². The highest BCUT2D eigenvalue weighted by atomic mass is 16.5. The molecule has 4 rings (SSSR count). The molecule has 136 valence electrons. The molecule has 0 atom stereocenters. The molecule has 0 fully saturated rings. The summed E-state index contributed by atoms with van der Waals surface area (Å²) < 4.78 is 11.2. The second-order valence-electron chi connectivity index (χ2n) is 6.00. The summed E-state index contributed by atoms with van der Waals surface area (Å²) in [5.41, 5.74) is 0.766. The Labute approximate surface area is 161 Å². The van der Waals surface area contributed by atoms with E-state index in [1.165, 1.54) is 6.20 Å². The lowest BCUT2D eigenvalue weighted by atomic mass is 10.1. The van der Waals surface area contributed by atoms with Gasteiger partial charge in [-0.05, 0) is 41.8 Å². The summed E-state index contributed by atoms with van der Waals surface area (Å²) >= 11 is 0. The quantitative estimate of drug-likeness (QED) is 0.386. The standard InChI is InChI=1S/C23H15NO4/c25-22(17-7-2-1-3-8-17)27-19-12-4-9-16-10-5-13-20(21(16)19)28-23(26)18-11-6-14-24-15-18/h1-15H. The number of rotatable bonds is 4. The second-order valence-corrected chi connectivity index (χ2v) is 6.00. The normalized spacial score (nSPS) is 10.4. The highest BCUT2D eigenvalue weighted by Crippen LogP contribution is 2.34. The van der Waals surface area contributed by atoms with E-state index < -0.39 is 11.9 Å². The summed E-state index contributed by atoms with van der Waals surface area (Å²) in [6, 6.07) is 22.6. The van der Waals surface area contributed by atoms with Gasteiger partial charge in [-0.3, -0.25) is 4.98 Å². The molecule has 0 aliphatic rings. The molecule has 0 amide bonds. The van der Waals surface area contributed by atoms with Crippen molar-refractivity contribution < 1.29 is 19.1 Å². The first-order valence-corrected chi connectivity index (χ1v) is 8.63. The number of carbonyl (C=O) groups excluding carboxylic acids is 2. The first kappa shape index (κ1) is 17.4. The van der Waals surface area contributed by atoms with Crippen LogP contribution in [0, 0.1) is 0 Å². The van der Waals surface area contributed by atoms with Crippen molar-refractivity contribution in [3.8, 4) is 11.5 Å². The van der Waals surface area contributed by atoms with Crippen LogP contribution in [-0.4, -0.2) is 16.9 Å². The maximum atomic E-state index is 12.5. The zero-order valence-electron chi connectivity index (χ0n) is 14.7. The molecular weight excluding hydrogens is 354 g/mol. The number of esters is 2. The number of hydrogen-bond acceptors (Lipinski definition) is 5. The number of aromatic nitrogens is 1. The number of fused-ring (bicyclic) bond motifs is 1. The number of pyridine rings is 1. The molecule has 3 aromatic carbocycles. The van der Waals surface area contributed by atoms with Crippen molar-refractivity contribution in [2.24, 2.45) is 0 Å². The molecule has 0 spiro atoms. The Balaban J connectivity index is 1.70. The zero-order chi connectivity index (χ0) is 19.3. The van der Waals surface area contributed by atoms with Gasteiger partial charge in [0.25, 0.3) is 0 Å². The van der Waals surface area contributed by atoms with E-state index in [2.05, 4.69) is 4.98 Å². The first-order chi connectivity index (χ1) is 13.7. The van der Waals surface area contributed by atoms with Gasteiger partial charge in [-0.15, -0.1) is 0 Å². The van der Waals surface area contributed by atoms with Crippen LogP contribution in [0.15, 0.2) is 91.3 Å². The summed E-state index contributed by atoms with van der Waals surface area (Å²) in [4.78, 5) is 28.8. The molecule has 0 saturated heterocycles. The monoisotopic (exact) mass is 369 g/mol. The van der Waals surface area contributed by atoms with Crippen LogP contribution in [-0.2, 0) is 0 Å². The van der Waals surface area contributed by atoms with E-state index >= 15 is 0 Å². The van der Waals surface area contributed by atoms with E-state index in [1.54, 1.807) is 66.9 Å². The maximum absolute atomic E-state index is 12.5. The lowest BCUT2D eigenvalue weighted by Crippen LogP contribution is -2.11. The fourth-order valence-electron chi connectivity index (χ4n) is 2.82. The Kier molecular flexibility index (Phi) is 4.80. The predicted molar refractivity (Wildman–Crippen MR) is 105 cm³/mol. The fraction of sp³-hybridized carbons (Fsp3) is 0. The molecule has 1 aromatic heterocycles. The minimum Gasteiger partial charge on any atom is -0.422 e. The van der Waals surface area contributed by atoms with Gasteiger partial charge in [-0.1, -0.05) is 42.5 Å². The number of hydrogen-bond donors (Lipinski definition) is 0. The van der Waals surface area contributed by atoms with Gasteiger partial charge >= 0.3 is 11.9 Å². The van der Waals surface area contributed by atoms with Crippen molar-refractivity contribution in [2.45, 2.75) is 0 Å². The fourth-order valence-corrected chi connectivity index (χ4v) is 2.82. The molecule has 0 saturated carbocycles. The summed E-state index contributed by atoms with van der Waals surface area (Å²) in [5.74, 6) is -0.393. The molecule has 5 heteroatoms. The SMILES string of the molecule is O=C(Oc1cccc2cccc(OC(=O)c3cccnc3)c12)c1ccccc1. The molecule has 0 aliphatic carbocycles. The number of nitrogens with zero attached hydrogens (tertiary/aromatic N) is 1. The van der Waals surface area contributed by atoms with Crippen molar-refractivity contribution >= 4 is 22.7 Å². The summed E-state index contributed by atoms with van der Waals surface area (Å²) in [6.07, 6.45) is 3.01. The molecule has 0 aliphatic heterocycles. The van der Waals surface area contributed by atoms with Gasteiger partial charge < -0.3 is 9.47 Å². The van der Waals surface area contributed by atoms with Crippen molar-refractivity contribution in [3.05, 3.63) is 102 Å². The first-order valence-electron chi connectivity index (χ1n) is 8.63. The van der Waals surface area contributed by atoms with Crippen LogP contribution < -0.4 is 9.47 Å². The molecule has 0 N–H and O–H groups in total. The van der Waals surface area contributed by atoms with E-state index in [0.717, 1.165) is 5.39 Å². The average Bonchev–Trinajstić information content (AvgIpc) is 2.75. The van der Waals surface area contributed by atoms with Crippen molar-refractivity contribution in [1.82, 2.24) is 4.98 Å². The van der Waals surface area contributed by atoms with Crippen molar-refractivity contribution in [2.75, 3.05) is 0 Å². The van der Waals surface area contributed by atoms with Crippen molar-refractivity contribution in [3.63, 3.8) is 0 Å².